The summed E-state index contributed by atoms with van der Waals surface area (Å²) >= 11 is 3.42. The molecule has 0 saturated carbocycles. The fourth-order valence-corrected chi connectivity index (χ4v) is 4.61. The Bertz CT molecular complexity index is 1090. The molecule has 10 heteroatoms. The van der Waals surface area contributed by atoms with E-state index in [0.29, 0.717) is 18.0 Å². The molecule has 2 aromatic carbocycles. The van der Waals surface area contributed by atoms with Crippen LogP contribution in [-0.4, -0.2) is 56.6 Å². The topological polar surface area (TPSA) is 96.0 Å². The minimum Gasteiger partial charge on any atom is -0.494 e. The first kappa shape index (κ1) is 27.7. The molecule has 1 atom stereocenters. The zero-order valence-corrected chi connectivity index (χ0v) is 22.5. The van der Waals surface area contributed by atoms with Crippen molar-refractivity contribution in [3.8, 4) is 5.75 Å². The number of hydrogen-bond donors (Lipinski definition) is 1. The number of carbonyl (C=O) groups is 2. The Morgan fingerprint density at radius 2 is 1.74 bits per heavy atom. The molecule has 0 spiro atoms. The molecule has 0 bridgehead atoms. The van der Waals surface area contributed by atoms with E-state index in [0.717, 1.165) is 20.6 Å². The van der Waals surface area contributed by atoms with Crippen LogP contribution in [0.2, 0.25) is 0 Å². The molecule has 0 aliphatic carbocycles. The number of benzene rings is 2. The maximum atomic E-state index is 13.5. The van der Waals surface area contributed by atoms with Crippen LogP contribution in [0.1, 0.15) is 33.3 Å². The Morgan fingerprint density at radius 1 is 1.09 bits per heavy atom. The number of hydrogen-bond acceptors (Lipinski definition) is 5. The van der Waals surface area contributed by atoms with Crippen molar-refractivity contribution < 1.29 is 22.7 Å². The van der Waals surface area contributed by atoms with Crippen molar-refractivity contribution in [2.24, 2.45) is 0 Å². The average Bonchev–Trinajstić information content (AvgIpc) is 2.75. The van der Waals surface area contributed by atoms with Gasteiger partial charge in [-0.2, -0.15) is 0 Å². The summed E-state index contributed by atoms with van der Waals surface area (Å²) in [6, 6.07) is 13.0. The lowest BCUT2D eigenvalue weighted by molar-refractivity contribution is -0.139. The van der Waals surface area contributed by atoms with Gasteiger partial charge in [-0.15, -0.1) is 0 Å². The molecular formula is C24H32BrN3O5S. The molecule has 2 aromatic rings. The highest BCUT2D eigenvalue weighted by molar-refractivity contribution is 9.10. The van der Waals surface area contributed by atoms with Crippen molar-refractivity contribution >= 4 is 43.5 Å². The molecule has 0 aliphatic heterocycles. The van der Waals surface area contributed by atoms with Crippen LogP contribution in [0.5, 0.6) is 5.75 Å². The van der Waals surface area contributed by atoms with Crippen LogP contribution in [0.4, 0.5) is 5.69 Å². The van der Waals surface area contributed by atoms with Crippen LogP contribution in [-0.2, 0) is 26.2 Å². The van der Waals surface area contributed by atoms with Gasteiger partial charge in [-0.05, 0) is 69.7 Å². The lowest BCUT2D eigenvalue weighted by atomic mass is 10.1. The highest BCUT2D eigenvalue weighted by Crippen LogP contribution is 2.23. The van der Waals surface area contributed by atoms with Crippen molar-refractivity contribution in [2.75, 3.05) is 23.7 Å². The molecule has 1 N–H and O–H groups in total. The first-order valence-electron chi connectivity index (χ1n) is 11.0. The van der Waals surface area contributed by atoms with Gasteiger partial charge in [0.2, 0.25) is 21.8 Å². The van der Waals surface area contributed by atoms with E-state index in [1.165, 1.54) is 4.90 Å². The monoisotopic (exact) mass is 553 g/mol. The number of nitrogens with zero attached hydrogens (tertiary/aromatic N) is 2. The fourth-order valence-electron chi connectivity index (χ4n) is 3.31. The van der Waals surface area contributed by atoms with Gasteiger partial charge in [0.15, 0.2) is 0 Å². The number of anilines is 1. The van der Waals surface area contributed by atoms with Gasteiger partial charge in [0.25, 0.3) is 0 Å². The van der Waals surface area contributed by atoms with Crippen molar-refractivity contribution in [2.45, 2.75) is 46.3 Å². The van der Waals surface area contributed by atoms with Crippen molar-refractivity contribution in [1.29, 1.82) is 0 Å². The Balaban J connectivity index is 2.37. The van der Waals surface area contributed by atoms with Crippen molar-refractivity contribution in [1.82, 2.24) is 10.2 Å². The molecular weight excluding hydrogens is 522 g/mol. The summed E-state index contributed by atoms with van der Waals surface area (Å²) < 4.78 is 32.5. The Labute approximate surface area is 210 Å². The highest BCUT2D eigenvalue weighted by Gasteiger charge is 2.30. The predicted molar refractivity (Wildman–Crippen MR) is 137 cm³/mol. The number of nitrogens with one attached hydrogen (secondary N) is 1. The summed E-state index contributed by atoms with van der Waals surface area (Å²) in [5.74, 6) is -0.211. The van der Waals surface area contributed by atoms with Crippen LogP contribution in [0.3, 0.4) is 0 Å². The predicted octanol–water partition coefficient (Wildman–Crippen LogP) is 3.56. The molecule has 0 aliphatic rings. The molecule has 2 amide bonds. The van der Waals surface area contributed by atoms with Crippen LogP contribution in [0.15, 0.2) is 53.0 Å². The number of rotatable bonds is 11. The molecule has 0 fully saturated rings. The number of halogens is 1. The Morgan fingerprint density at radius 3 is 2.26 bits per heavy atom. The van der Waals surface area contributed by atoms with Gasteiger partial charge < -0.3 is 15.0 Å². The standard InChI is InChI=1S/C24H32BrN3O5S/c1-6-33-22-12-10-21(11-13-22)28(34(5,31)32)16-23(29)27(18(4)24(30)26-17(2)3)15-19-8-7-9-20(25)14-19/h7-14,17-18H,6,15-16H2,1-5H3,(H,26,30)/t18-/m0/s1. The minimum absolute atomic E-state index is 0.103. The summed E-state index contributed by atoms with van der Waals surface area (Å²) in [5, 5.41) is 2.82. The maximum Gasteiger partial charge on any atom is 0.244 e. The van der Waals surface area contributed by atoms with E-state index in [9.17, 15) is 18.0 Å². The number of sulfonamides is 1. The second-order valence-electron chi connectivity index (χ2n) is 8.19. The van der Waals surface area contributed by atoms with E-state index >= 15 is 0 Å². The molecule has 0 heterocycles. The van der Waals surface area contributed by atoms with E-state index in [1.807, 2.05) is 45.0 Å². The minimum atomic E-state index is -3.78. The number of carbonyl (C=O) groups excluding carboxylic acids is 2. The molecule has 2 rings (SSSR count). The van der Waals surface area contributed by atoms with Gasteiger partial charge in [0.1, 0.15) is 18.3 Å². The van der Waals surface area contributed by atoms with Gasteiger partial charge in [0, 0.05) is 17.1 Å². The third-order valence-corrected chi connectivity index (χ3v) is 6.59. The summed E-state index contributed by atoms with van der Waals surface area (Å²) in [5.41, 5.74) is 1.14. The third kappa shape index (κ3) is 8.02. The van der Waals surface area contributed by atoms with Gasteiger partial charge in [-0.25, -0.2) is 8.42 Å². The maximum absolute atomic E-state index is 13.5. The highest BCUT2D eigenvalue weighted by atomic mass is 79.9. The first-order valence-corrected chi connectivity index (χ1v) is 13.6. The quantitative estimate of drug-likeness (QED) is 0.459. The average molecular weight is 555 g/mol. The fraction of sp³-hybridized carbons (Fsp3) is 0.417. The summed E-state index contributed by atoms with van der Waals surface area (Å²) in [6.07, 6.45) is 1.05. The lowest BCUT2D eigenvalue weighted by Gasteiger charge is -2.32. The third-order valence-electron chi connectivity index (χ3n) is 4.96. The van der Waals surface area contributed by atoms with E-state index in [1.54, 1.807) is 31.2 Å². The van der Waals surface area contributed by atoms with Crippen LogP contribution < -0.4 is 14.4 Å². The molecule has 0 aromatic heterocycles. The summed E-state index contributed by atoms with van der Waals surface area (Å²) in [7, 11) is -3.78. The van der Waals surface area contributed by atoms with Crippen molar-refractivity contribution in [3.63, 3.8) is 0 Å². The van der Waals surface area contributed by atoms with E-state index in [2.05, 4.69) is 21.2 Å². The molecule has 186 valence electrons. The van der Waals surface area contributed by atoms with Gasteiger partial charge in [-0.3, -0.25) is 13.9 Å². The van der Waals surface area contributed by atoms with Crippen LogP contribution in [0.25, 0.3) is 0 Å². The zero-order chi connectivity index (χ0) is 25.5. The van der Waals surface area contributed by atoms with Crippen LogP contribution in [0, 0.1) is 0 Å². The SMILES string of the molecule is CCOc1ccc(N(CC(=O)N(Cc2cccc(Br)c2)[C@@H](C)C(=O)NC(C)C)S(C)(=O)=O)cc1. The van der Waals surface area contributed by atoms with Gasteiger partial charge in [0.05, 0.1) is 18.6 Å². The van der Waals surface area contributed by atoms with E-state index in [-0.39, 0.29) is 18.5 Å². The molecule has 0 radical (unpaired) electrons. The second kappa shape index (κ2) is 12.2. The number of amides is 2. The van der Waals surface area contributed by atoms with E-state index in [4.69, 9.17) is 4.74 Å². The first-order chi connectivity index (χ1) is 15.9. The normalized spacial score (nSPS) is 12.2. The summed E-state index contributed by atoms with van der Waals surface area (Å²) in [6.45, 7) is 7.34. The Hall–Kier alpha value is -2.59. The molecule has 34 heavy (non-hydrogen) atoms. The van der Waals surface area contributed by atoms with Crippen molar-refractivity contribution in [3.05, 3.63) is 58.6 Å². The molecule has 0 unspecified atom stereocenters. The van der Waals surface area contributed by atoms with Gasteiger partial charge in [-0.1, -0.05) is 28.1 Å². The summed E-state index contributed by atoms with van der Waals surface area (Å²) in [4.78, 5) is 27.6. The Kier molecular flexibility index (Phi) is 9.93. The second-order valence-corrected chi connectivity index (χ2v) is 11.0. The van der Waals surface area contributed by atoms with E-state index < -0.39 is 28.5 Å². The number of ether oxygens (including phenoxy) is 1. The largest absolute Gasteiger partial charge is 0.494 e. The van der Waals surface area contributed by atoms with Crippen LogP contribution >= 0.6 is 15.9 Å². The smallest absolute Gasteiger partial charge is 0.244 e. The molecule has 0 saturated heterocycles. The van der Waals surface area contributed by atoms with Gasteiger partial charge >= 0.3 is 0 Å². The lowest BCUT2D eigenvalue weighted by Crippen LogP contribution is -2.52. The molecule has 8 nitrogen and oxygen atoms in total. The zero-order valence-electron chi connectivity index (χ0n) is 20.1.